The summed E-state index contributed by atoms with van der Waals surface area (Å²) in [6, 6.07) is 9.62. The van der Waals surface area contributed by atoms with E-state index in [1.54, 1.807) is 0 Å². The topological polar surface area (TPSA) is 54.0 Å². The molecule has 0 radical (unpaired) electrons. The summed E-state index contributed by atoms with van der Waals surface area (Å²) in [4.78, 5) is 16.9. The van der Waals surface area contributed by atoms with Crippen molar-refractivity contribution >= 4 is 11.5 Å². The second kappa shape index (κ2) is 7.41. The number of carbonyl (C=O) groups is 1. The Hall–Kier alpha value is -2.46. The largest absolute Gasteiger partial charge is 0.348 e. The summed E-state index contributed by atoms with van der Waals surface area (Å²) in [7, 11) is 0. The van der Waals surface area contributed by atoms with Gasteiger partial charge in [-0.1, -0.05) is 23.8 Å². The van der Waals surface area contributed by atoms with E-state index in [0.29, 0.717) is 12.1 Å². The molecule has 0 saturated carbocycles. The third kappa shape index (κ3) is 3.71. The maximum Gasteiger partial charge on any atom is 0.251 e. The van der Waals surface area contributed by atoms with Crippen molar-refractivity contribution in [2.24, 2.45) is 0 Å². The molecule has 124 valence electrons. The van der Waals surface area contributed by atoms with Crippen LogP contribution in [0.15, 0.2) is 42.6 Å². The van der Waals surface area contributed by atoms with Gasteiger partial charge in [0.1, 0.15) is 0 Å². The molecule has 0 saturated heterocycles. The van der Waals surface area contributed by atoms with E-state index in [1.807, 2.05) is 43.5 Å². The lowest BCUT2D eigenvalue weighted by molar-refractivity contribution is 0.0951. The molecule has 0 unspecified atom stereocenters. The van der Waals surface area contributed by atoms with Crippen molar-refractivity contribution in [3.8, 4) is 0 Å². The number of amides is 1. The number of pyridine rings is 1. The van der Waals surface area contributed by atoms with Gasteiger partial charge in [-0.05, 0) is 61.7 Å². The average molecular weight is 321 g/mol. The van der Waals surface area contributed by atoms with Gasteiger partial charge in [-0.3, -0.25) is 9.78 Å². The molecule has 0 aliphatic carbocycles. The summed E-state index contributed by atoms with van der Waals surface area (Å²) >= 11 is 0. The van der Waals surface area contributed by atoms with E-state index >= 15 is 0 Å². The van der Waals surface area contributed by atoms with Crippen LogP contribution in [0.3, 0.4) is 0 Å². The maximum absolute atomic E-state index is 12.3. The van der Waals surface area contributed by atoms with Crippen molar-refractivity contribution in [1.82, 2.24) is 15.6 Å². The van der Waals surface area contributed by atoms with E-state index in [1.165, 1.54) is 5.57 Å². The Morgan fingerprint density at radius 2 is 2.17 bits per heavy atom. The van der Waals surface area contributed by atoms with Crippen LogP contribution in [0.2, 0.25) is 0 Å². The second-order valence-corrected chi connectivity index (χ2v) is 6.18. The number of nitrogens with zero attached hydrogens (tertiary/aromatic N) is 1. The van der Waals surface area contributed by atoms with Crippen LogP contribution in [-0.4, -0.2) is 24.0 Å². The predicted molar refractivity (Wildman–Crippen MR) is 96.8 cm³/mol. The highest BCUT2D eigenvalue weighted by atomic mass is 16.1. The van der Waals surface area contributed by atoms with Crippen molar-refractivity contribution in [1.29, 1.82) is 0 Å². The SMILES string of the molecule is Cc1cccc(C(=O)NCc2ccnc(C3=CCNCC3)c2C)c1. The molecule has 2 heterocycles. The molecular formula is C20H23N3O. The van der Waals surface area contributed by atoms with Gasteiger partial charge in [0.2, 0.25) is 0 Å². The van der Waals surface area contributed by atoms with Crippen LogP contribution in [0.1, 0.15) is 39.2 Å². The Bertz CT molecular complexity index is 780. The van der Waals surface area contributed by atoms with Gasteiger partial charge in [0.05, 0.1) is 5.69 Å². The molecule has 0 atom stereocenters. The molecule has 4 nitrogen and oxygen atoms in total. The second-order valence-electron chi connectivity index (χ2n) is 6.18. The Labute approximate surface area is 143 Å². The van der Waals surface area contributed by atoms with E-state index < -0.39 is 0 Å². The Morgan fingerprint density at radius 1 is 1.29 bits per heavy atom. The lowest BCUT2D eigenvalue weighted by Gasteiger charge is -2.17. The van der Waals surface area contributed by atoms with E-state index in [4.69, 9.17) is 0 Å². The first-order valence-electron chi connectivity index (χ1n) is 8.34. The molecule has 0 fully saturated rings. The average Bonchev–Trinajstić information content (AvgIpc) is 2.61. The van der Waals surface area contributed by atoms with Crippen LogP contribution in [0.4, 0.5) is 0 Å². The van der Waals surface area contributed by atoms with Gasteiger partial charge in [0.25, 0.3) is 5.91 Å². The zero-order chi connectivity index (χ0) is 16.9. The molecule has 1 aliphatic heterocycles. The first kappa shape index (κ1) is 16.4. The van der Waals surface area contributed by atoms with E-state index in [0.717, 1.165) is 41.9 Å². The number of rotatable bonds is 4. The molecule has 24 heavy (non-hydrogen) atoms. The van der Waals surface area contributed by atoms with Gasteiger partial charge in [0.15, 0.2) is 0 Å². The molecule has 0 bridgehead atoms. The highest BCUT2D eigenvalue weighted by molar-refractivity contribution is 5.94. The summed E-state index contributed by atoms with van der Waals surface area (Å²) in [5.74, 6) is -0.0439. The lowest BCUT2D eigenvalue weighted by atomic mass is 9.98. The van der Waals surface area contributed by atoms with Gasteiger partial charge in [-0.2, -0.15) is 0 Å². The fraction of sp³-hybridized carbons (Fsp3) is 0.300. The zero-order valence-electron chi connectivity index (χ0n) is 14.2. The smallest absolute Gasteiger partial charge is 0.251 e. The summed E-state index contributed by atoms with van der Waals surface area (Å²) in [6.07, 6.45) is 5.03. The number of aromatic nitrogens is 1. The van der Waals surface area contributed by atoms with Gasteiger partial charge >= 0.3 is 0 Å². The monoisotopic (exact) mass is 321 g/mol. The Kier molecular flexibility index (Phi) is 5.06. The molecule has 2 N–H and O–H groups in total. The van der Waals surface area contributed by atoms with Crippen LogP contribution in [0, 0.1) is 13.8 Å². The molecule has 3 rings (SSSR count). The number of hydrogen-bond donors (Lipinski definition) is 2. The normalized spacial score (nSPS) is 14.2. The van der Waals surface area contributed by atoms with E-state index in [-0.39, 0.29) is 5.91 Å². The van der Waals surface area contributed by atoms with Crippen LogP contribution in [0.5, 0.6) is 0 Å². The van der Waals surface area contributed by atoms with Crippen LogP contribution < -0.4 is 10.6 Å². The molecule has 1 amide bonds. The van der Waals surface area contributed by atoms with Crippen LogP contribution in [0.25, 0.3) is 5.57 Å². The predicted octanol–water partition coefficient (Wildman–Crippen LogP) is 3.01. The third-order valence-corrected chi connectivity index (χ3v) is 4.40. The fourth-order valence-corrected chi connectivity index (χ4v) is 2.99. The summed E-state index contributed by atoms with van der Waals surface area (Å²) in [5, 5.41) is 6.34. The highest BCUT2D eigenvalue weighted by Gasteiger charge is 2.13. The Morgan fingerprint density at radius 3 is 2.92 bits per heavy atom. The van der Waals surface area contributed by atoms with Crippen LogP contribution in [-0.2, 0) is 6.54 Å². The van der Waals surface area contributed by atoms with Crippen molar-refractivity contribution in [3.05, 3.63) is 70.6 Å². The third-order valence-electron chi connectivity index (χ3n) is 4.40. The number of aryl methyl sites for hydroxylation is 1. The van der Waals surface area contributed by atoms with Crippen LogP contribution >= 0.6 is 0 Å². The first-order chi connectivity index (χ1) is 11.6. The highest BCUT2D eigenvalue weighted by Crippen LogP contribution is 2.23. The van der Waals surface area contributed by atoms with E-state index in [9.17, 15) is 4.79 Å². The molecular weight excluding hydrogens is 298 g/mol. The van der Waals surface area contributed by atoms with Crippen molar-refractivity contribution in [2.45, 2.75) is 26.8 Å². The van der Waals surface area contributed by atoms with Gasteiger partial charge in [-0.15, -0.1) is 0 Å². The molecule has 1 aromatic heterocycles. The van der Waals surface area contributed by atoms with Gasteiger partial charge in [0, 0.05) is 24.8 Å². The Balaban J connectivity index is 1.74. The van der Waals surface area contributed by atoms with E-state index in [2.05, 4.69) is 28.6 Å². The summed E-state index contributed by atoms with van der Waals surface area (Å²) in [5.41, 5.74) is 6.39. The minimum Gasteiger partial charge on any atom is -0.348 e. The molecule has 4 heteroatoms. The number of carbonyl (C=O) groups excluding carboxylic acids is 1. The zero-order valence-corrected chi connectivity index (χ0v) is 14.2. The molecule has 2 aromatic rings. The molecule has 1 aromatic carbocycles. The molecule has 0 spiro atoms. The summed E-state index contributed by atoms with van der Waals surface area (Å²) in [6.45, 7) is 6.47. The molecule has 1 aliphatic rings. The maximum atomic E-state index is 12.3. The quantitative estimate of drug-likeness (QED) is 0.910. The standard InChI is InChI=1S/C20H23N3O/c1-14-4-3-5-17(12-14)20(24)23-13-18-8-11-22-19(15(18)2)16-6-9-21-10-7-16/h3-6,8,11-12,21H,7,9-10,13H2,1-2H3,(H,23,24). The number of nitrogens with one attached hydrogen (secondary N) is 2. The lowest BCUT2D eigenvalue weighted by Crippen LogP contribution is -2.24. The number of benzene rings is 1. The van der Waals surface area contributed by atoms with Crippen molar-refractivity contribution in [3.63, 3.8) is 0 Å². The van der Waals surface area contributed by atoms with Crippen molar-refractivity contribution in [2.75, 3.05) is 13.1 Å². The van der Waals surface area contributed by atoms with Crippen molar-refractivity contribution < 1.29 is 4.79 Å². The van der Waals surface area contributed by atoms with Gasteiger partial charge < -0.3 is 10.6 Å². The number of hydrogen-bond acceptors (Lipinski definition) is 3. The minimum atomic E-state index is -0.0439. The fourth-order valence-electron chi connectivity index (χ4n) is 2.99. The van der Waals surface area contributed by atoms with Gasteiger partial charge in [-0.25, -0.2) is 0 Å². The first-order valence-corrected chi connectivity index (χ1v) is 8.34. The summed E-state index contributed by atoms with van der Waals surface area (Å²) < 4.78 is 0. The minimum absolute atomic E-state index is 0.0439.